The molecule has 0 saturated carbocycles. The van der Waals surface area contributed by atoms with Gasteiger partial charge in [0.05, 0.1) is 6.42 Å². The fourth-order valence-corrected chi connectivity index (χ4v) is 3.26. The van der Waals surface area contributed by atoms with E-state index in [4.69, 9.17) is 14.2 Å². The standard InChI is InChI=1S/C20H21NO5S/c1-14-2-5-16(6-3-14)27-11-8-20(23)26-13-19(22)21-15-4-7-17-18(12-15)25-10-9-24-17/h2-7,12H,8-11,13H2,1H3,(H,21,22). The molecule has 0 unspecified atom stereocenters. The highest BCUT2D eigenvalue weighted by molar-refractivity contribution is 7.99. The highest BCUT2D eigenvalue weighted by atomic mass is 32.2. The summed E-state index contributed by atoms with van der Waals surface area (Å²) >= 11 is 1.58. The summed E-state index contributed by atoms with van der Waals surface area (Å²) in [7, 11) is 0. The van der Waals surface area contributed by atoms with Gasteiger partial charge in [0.2, 0.25) is 0 Å². The number of esters is 1. The number of rotatable bonds is 7. The largest absolute Gasteiger partial charge is 0.486 e. The van der Waals surface area contributed by atoms with E-state index in [0.29, 0.717) is 36.2 Å². The van der Waals surface area contributed by atoms with Crippen LogP contribution < -0.4 is 14.8 Å². The van der Waals surface area contributed by atoms with Gasteiger partial charge in [0.1, 0.15) is 13.2 Å². The molecule has 0 bridgehead atoms. The first-order valence-electron chi connectivity index (χ1n) is 8.65. The Morgan fingerprint density at radius 1 is 1.07 bits per heavy atom. The number of benzene rings is 2. The molecular formula is C20H21NO5S. The van der Waals surface area contributed by atoms with Crippen molar-refractivity contribution in [3.05, 3.63) is 48.0 Å². The minimum absolute atomic E-state index is 0.246. The Balaban J connectivity index is 1.37. The number of thioether (sulfide) groups is 1. The first kappa shape index (κ1) is 19.1. The highest BCUT2D eigenvalue weighted by Gasteiger charge is 2.13. The Bertz CT molecular complexity index is 807. The SMILES string of the molecule is Cc1ccc(SCCC(=O)OCC(=O)Nc2ccc3c(c2)OCCO3)cc1. The monoisotopic (exact) mass is 387 g/mol. The normalized spacial score (nSPS) is 12.3. The van der Waals surface area contributed by atoms with Gasteiger partial charge in [0.25, 0.3) is 5.91 Å². The number of carbonyl (C=O) groups excluding carboxylic acids is 2. The average molecular weight is 387 g/mol. The van der Waals surface area contributed by atoms with Crippen molar-refractivity contribution in [1.29, 1.82) is 0 Å². The van der Waals surface area contributed by atoms with Crippen LogP contribution in [-0.4, -0.2) is 37.4 Å². The van der Waals surface area contributed by atoms with E-state index in [-0.39, 0.29) is 13.0 Å². The molecular weight excluding hydrogens is 366 g/mol. The molecule has 1 aliphatic rings. The summed E-state index contributed by atoms with van der Waals surface area (Å²) in [5, 5.41) is 2.68. The molecule has 1 N–H and O–H groups in total. The van der Waals surface area contributed by atoms with Gasteiger partial charge >= 0.3 is 5.97 Å². The predicted octanol–water partition coefficient (Wildman–Crippen LogP) is 3.43. The Morgan fingerprint density at radius 3 is 2.59 bits per heavy atom. The fourth-order valence-electron chi connectivity index (χ4n) is 2.42. The second kappa shape index (κ2) is 9.32. The average Bonchev–Trinajstić information content (AvgIpc) is 2.68. The fraction of sp³-hybridized carbons (Fsp3) is 0.300. The van der Waals surface area contributed by atoms with Gasteiger partial charge in [-0.1, -0.05) is 17.7 Å². The van der Waals surface area contributed by atoms with Crippen molar-refractivity contribution in [1.82, 2.24) is 0 Å². The zero-order valence-electron chi connectivity index (χ0n) is 15.0. The van der Waals surface area contributed by atoms with E-state index >= 15 is 0 Å². The number of nitrogens with one attached hydrogen (secondary N) is 1. The maximum absolute atomic E-state index is 11.9. The minimum atomic E-state index is -0.397. The quantitative estimate of drug-likeness (QED) is 0.580. The van der Waals surface area contributed by atoms with E-state index in [2.05, 4.69) is 5.32 Å². The van der Waals surface area contributed by atoms with Crippen LogP contribution >= 0.6 is 11.8 Å². The molecule has 2 aromatic carbocycles. The number of ether oxygens (including phenoxy) is 3. The predicted molar refractivity (Wildman–Crippen MR) is 104 cm³/mol. The lowest BCUT2D eigenvalue weighted by atomic mass is 10.2. The van der Waals surface area contributed by atoms with E-state index in [1.807, 2.05) is 31.2 Å². The molecule has 1 heterocycles. The number of fused-ring (bicyclic) bond motifs is 1. The third kappa shape index (κ3) is 5.92. The summed E-state index contributed by atoms with van der Waals surface area (Å²) in [6, 6.07) is 13.2. The van der Waals surface area contributed by atoms with Crippen LogP contribution in [0.3, 0.4) is 0 Å². The molecule has 3 rings (SSSR count). The van der Waals surface area contributed by atoms with Crippen LogP contribution in [0.2, 0.25) is 0 Å². The van der Waals surface area contributed by atoms with E-state index < -0.39 is 11.9 Å². The van der Waals surface area contributed by atoms with Crippen LogP contribution in [0, 0.1) is 6.92 Å². The second-order valence-electron chi connectivity index (χ2n) is 5.98. The van der Waals surface area contributed by atoms with Gasteiger partial charge < -0.3 is 19.5 Å². The molecule has 0 radical (unpaired) electrons. The first-order valence-corrected chi connectivity index (χ1v) is 9.63. The maximum Gasteiger partial charge on any atom is 0.307 e. The van der Waals surface area contributed by atoms with E-state index in [0.717, 1.165) is 4.90 Å². The molecule has 0 fully saturated rings. The smallest absolute Gasteiger partial charge is 0.307 e. The molecule has 0 spiro atoms. The third-order valence-electron chi connectivity index (χ3n) is 3.79. The summed E-state index contributed by atoms with van der Waals surface area (Å²) < 4.78 is 15.9. The summed E-state index contributed by atoms with van der Waals surface area (Å²) in [4.78, 5) is 24.8. The topological polar surface area (TPSA) is 73.9 Å². The maximum atomic E-state index is 11.9. The van der Waals surface area contributed by atoms with Crippen molar-refractivity contribution in [3.8, 4) is 11.5 Å². The van der Waals surface area contributed by atoms with Crippen molar-refractivity contribution >= 4 is 29.3 Å². The number of carbonyl (C=O) groups is 2. The van der Waals surface area contributed by atoms with Crippen molar-refractivity contribution in [3.63, 3.8) is 0 Å². The molecule has 0 atom stereocenters. The van der Waals surface area contributed by atoms with Crippen LogP contribution in [0.1, 0.15) is 12.0 Å². The zero-order chi connectivity index (χ0) is 19.1. The molecule has 6 nitrogen and oxygen atoms in total. The molecule has 1 aliphatic heterocycles. The van der Waals surface area contributed by atoms with Gasteiger partial charge in [-0.25, -0.2) is 0 Å². The molecule has 7 heteroatoms. The number of hydrogen-bond donors (Lipinski definition) is 1. The van der Waals surface area contributed by atoms with Gasteiger partial charge in [-0.05, 0) is 31.2 Å². The highest BCUT2D eigenvalue weighted by Crippen LogP contribution is 2.32. The molecule has 142 valence electrons. The van der Waals surface area contributed by atoms with Gasteiger partial charge in [-0.3, -0.25) is 9.59 Å². The van der Waals surface area contributed by atoms with Crippen molar-refractivity contribution < 1.29 is 23.8 Å². The number of amides is 1. The summed E-state index contributed by atoms with van der Waals surface area (Å²) in [5.41, 5.74) is 1.76. The van der Waals surface area contributed by atoms with Crippen molar-refractivity contribution in [2.75, 3.05) is 30.9 Å². The van der Waals surface area contributed by atoms with Crippen LogP contribution in [0.5, 0.6) is 11.5 Å². The first-order chi connectivity index (χ1) is 13.1. The summed E-state index contributed by atoms with van der Waals surface area (Å²) in [6.07, 6.45) is 0.246. The molecule has 0 aromatic heterocycles. The van der Waals surface area contributed by atoms with Gasteiger partial charge in [0, 0.05) is 22.4 Å². The molecule has 0 saturated heterocycles. The van der Waals surface area contributed by atoms with Crippen LogP contribution in [0.15, 0.2) is 47.4 Å². The zero-order valence-corrected chi connectivity index (χ0v) is 15.8. The summed E-state index contributed by atoms with van der Waals surface area (Å²) in [6.45, 7) is 2.70. The lowest BCUT2D eigenvalue weighted by Crippen LogP contribution is -2.21. The van der Waals surface area contributed by atoms with E-state index in [9.17, 15) is 9.59 Å². The molecule has 2 aromatic rings. The molecule has 0 aliphatic carbocycles. The Morgan fingerprint density at radius 2 is 1.81 bits per heavy atom. The number of anilines is 1. The van der Waals surface area contributed by atoms with Gasteiger partial charge in [-0.2, -0.15) is 0 Å². The Kier molecular flexibility index (Phi) is 6.59. The lowest BCUT2D eigenvalue weighted by Gasteiger charge is -2.19. The van der Waals surface area contributed by atoms with Gasteiger partial charge in [-0.15, -0.1) is 11.8 Å². The summed E-state index contributed by atoms with van der Waals surface area (Å²) in [5.74, 6) is 1.05. The van der Waals surface area contributed by atoms with Crippen LogP contribution in [0.25, 0.3) is 0 Å². The lowest BCUT2D eigenvalue weighted by molar-refractivity contribution is -0.146. The third-order valence-corrected chi connectivity index (χ3v) is 4.80. The van der Waals surface area contributed by atoms with E-state index in [1.54, 1.807) is 30.0 Å². The Labute approximate surface area is 162 Å². The Hall–Kier alpha value is -2.67. The number of hydrogen-bond acceptors (Lipinski definition) is 6. The van der Waals surface area contributed by atoms with Gasteiger partial charge in [0.15, 0.2) is 18.1 Å². The van der Waals surface area contributed by atoms with Crippen LogP contribution in [-0.2, 0) is 14.3 Å². The minimum Gasteiger partial charge on any atom is -0.486 e. The number of aryl methyl sites for hydroxylation is 1. The van der Waals surface area contributed by atoms with Crippen molar-refractivity contribution in [2.24, 2.45) is 0 Å². The molecule has 27 heavy (non-hydrogen) atoms. The molecule has 1 amide bonds. The van der Waals surface area contributed by atoms with Crippen molar-refractivity contribution in [2.45, 2.75) is 18.2 Å². The second-order valence-corrected chi connectivity index (χ2v) is 7.15. The van der Waals surface area contributed by atoms with Crippen LogP contribution in [0.4, 0.5) is 5.69 Å². The van der Waals surface area contributed by atoms with E-state index in [1.165, 1.54) is 5.56 Å².